The molecule has 0 aromatic heterocycles. The van der Waals surface area contributed by atoms with Gasteiger partial charge in [0.1, 0.15) is 26.4 Å². The van der Waals surface area contributed by atoms with Crippen LogP contribution >= 0.6 is 0 Å². The number of carbonyl (C=O) groups is 6. The predicted octanol–water partition coefficient (Wildman–Crippen LogP) is 9.35. The molecule has 0 amide bonds. The van der Waals surface area contributed by atoms with E-state index in [2.05, 4.69) is 27.7 Å². The molecule has 0 radical (unpaired) electrons. The third-order valence-electron chi connectivity index (χ3n) is 9.62. The molecule has 0 aliphatic carbocycles. The van der Waals surface area contributed by atoms with E-state index in [1.807, 2.05) is 0 Å². The van der Waals surface area contributed by atoms with Crippen molar-refractivity contribution in [3.63, 3.8) is 0 Å². The van der Waals surface area contributed by atoms with Gasteiger partial charge in [-0.3, -0.25) is 28.8 Å². The molecule has 0 saturated carbocycles. The highest BCUT2D eigenvalue weighted by Gasteiger charge is 2.23. The Morgan fingerprint density at radius 2 is 0.586 bits per heavy atom. The van der Waals surface area contributed by atoms with Crippen molar-refractivity contribution in [1.82, 2.24) is 0 Å². The number of hydrogen-bond acceptors (Lipinski definition) is 13. The first-order valence-corrected chi connectivity index (χ1v) is 22.7. The van der Waals surface area contributed by atoms with Gasteiger partial charge in [-0.15, -0.1) is 0 Å². The summed E-state index contributed by atoms with van der Waals surface area (Å²) in [5, 5.41) is 10.6. The van der Waals surface area contributed by atoms with Gasteiger partial charge in [-0.2, -0.15) is 0 Å². The lowest BCUT2D eigenvalue weighted by Crippen LogP contribution is -2.31. The van der Waals surface area contributed by atoms with Crippen molar-refractivity contribution in [1.29, 1.82) is 0 Å². The normalized spacial score (nSPS) is 11.2. The van der Waals surface area contributed by atoms with Gasteiger partial charge in [-0.25, -0.2) is 0 Å². The summed E-state index contributed by atoms with van der Waals surface area (Å²) in [6, 6.07) is 0. The number of ether oxygens (including phenoxy) is 6. The number of aliphatic hydroxyl groups is 1. The van der Waals surface area contributed by atoms with E-state index in [4.69, 9.17) is 28.4 Å². The van der Waals surface area contributed by atoms with Gasteiger partial charge in [-0.1, -0.05) is 130 Å². The summed E-state index contributed by atoms with van der Waals surface area (Å²) < 4.78 is 32.4. The Morgan fingerprint density at radius 1 is 0.345 bits per heavy atom. The molecule has 0 bridgehead atoms. The summed E-state index contributed by atoms with van der Waals surface area (Å²) in [7, 11) is 0. The summed E-state index contributed by atoms with van der Waals surface area (Å²) in [6.45, 7) is 7.41. The number of esters is 6. The molecule has 0 aliphatic rings. The molecule has 338 valence electrons. The molecule has 0 aromatic rings. The molecular formula is C45H80O13. The number of hydrogen-bond donors (Lipinski definition) is 1. The zero-order chi connectivity index (χ0) is 43.1. The van der Waals surface area contributed by atoms with E-state index in [1.54, 1.807) is 0 Å². The summed E-state index contributed by atoms with van der Waals surface area (Å²) in [5.74, 6) is -3.05. The SMILES string of the molecule is CCCCCCCC(=O)OCC(COC(=O)CCCCCCC)OC(=O)CCC(O)CCC(=O)OC(COC(=O)CCCCCCC)COC(=O)CCCCCCC. The first-order chi connectivity index (χ1) is 28.0. The number of carbonyl (C=O) groups excluding carboxylic acids is 6. The molecule has 1 N–H and O–H groups in total. The first kappa shape index (κ1) is 54.8. The molecular weight excluding hydrogens is 748 g/mol. The topological polar surface area (TPSA) is 178 Å². The predicted molar refractivity (Wildman–Crippen MR) is 222 cm³/mol. The molecule has 13 heteroatoms. The van der Waals surface area contributed by atoms with Crippen LogP contribution < -0.4 is 0 Å². The maximum absolute atomic E-state index is 12.8. The molecule has 0 fully saturated rings. The second-order valence-corrected chi connectivity index (χ2v) is 15.3. The van der Waals surface area contributed by atoms with E-state index < -0.39 is 54.1 Å². The lowest BCUT2D eigenvalue weighted by Gasteiger charge is -2.19. The van der Waals surface area contributed by atoms with Crippen LogP contribution in [0.1, 0.15) is 207 Å². The minimum absolute atomic E-state index is 0.0247. The molecule has 0 aliphatic heterocycles. The van der Waals surface area contributed by atoms with E-state index >= 15 is 0 Å². The molecule has 0 heterocycles. The maximum Gasteiger partial charge on any atom is 0.306 e. The highest BCUT2D eigenvalue weighted by atomic mass is 16.6. The Balaban J connectivity index is 5.00. The lowest BCUT2D eigenvalue weighted by atomic mass is 10.1. The second kappa shape index (κ2) is 39.3. The third kappa shape index (κ3) is 35.9. The molecule has 0 rings (SSSR count). The number of aliphatic hydroxyl groups excluding tert-OH is 1. The maximum atomic E-state index is 12.8. The van der Waals surface area contributed by atoms with Gasteiger partial charge in [0.2, 0.25) is 0 Å². The Hall–Kier alpha value is -3.22. The van der Waals surface area contributed by atoms with Crippen LogP contribution in [-0.2, 0) is 57.2 Å². The van der Waals surface area contributed by atoms with E-state index in [9.17, 15) is 33.9 Å². The van der Waals surface area contributed by atoms with Crippen LogP contribution in [0.3, 0.4) is 0 Å². The van der Waals surface area contributed by atoms with Crippen molar-refractivity contribution in [3.8, 4) is 0 Å². The van der Waals surface area contributed by atoms with Crippen LogP contribution in [-0.4, -0.2) is 85.7 Å². The fourth-order valence-corrected chi connectivity index (χ4v) is 5.96. The quantitative estimate of drug-likeness (QED) is 0.0351. The zero-order valence-corrected chi connectivity index (χ0v) is 36.7. The highest BCUT2D eigenvalue weighted by Crippen LogP contribution is 2.13. The highest BCUT2D eigenvalue weighted by molar-refractivity contribution is 5.72. The average molecular weight is 829 g/mol. The fourth-order valence-electron chi connectivity index (χ4n) is 5.96. The van der Waals surface area contributed by atoms with Crippen LogP contribution in [0.5, 0.6) is 0 Å². The minimum atomic E-state index is -1.05. The lowest BCUT2D eigenvalue weighted by molar-refractivity contribution is -0.167. The van der Waals surface area contributed by atoms with Gasteiger partial charge >= 0.3 is 35.8 Å². The molecule has 13 nitrogen and oxygen atoms in total. The van der Waals surface area contributed by atoms with Gasteiger partial charge in [0.15, 0.2) is 12.2 Å². The molecule has 0 saturated heterocycles. The molecule has 0 atom stereocenters. The Bertz CT molecular complexity index is 937. The van der Waals surface area contributed by atoms with Crippen LogP contribution in [0.15, 0.2) is 0 Å². The van der Waals surface area contributed by atoms with Gasteiger partial charge in [0, 0.05) is 38.5 Å². The van der Waals surface area contributed by atoms with Crippen LogP contribution in [0.2, 0.25) is 0 Å². The van der Waals surface area contributed by atoms with Crippen molar-refractivity contribution in [2.24, 2.45) is 0 Å². The summed E-state index contributed by atoms with van der Waals surface area (Å²) in [6.07, 6.45) is 16.9. The molecule has 0 aromatic carbocycles. The number of unbranched alkanes of at least 4 members (excludes halogenated alkanes) is 16. The molecule has 0 unspecified atom stereocenters. The van der Waals surface area contributed by atoms with Crippen molar-refractivity contribution in [3.05, 3.63) is 0 Å². The Morgan fingerprint density at radius 3 is 0.828 bits per heavy atom. The summed E-state index contributed by atoms with van der Waals surface area (Å²) in [4.78, 5) is 74.8. The second-order valence-electron chi connectivity index (χ2n) is 15.3. The van der Waals surface area contributed by atoms with Gasteiger partial charge in [0.25, 0.3) is 0 Å². The Labute approximate surface area is 349 Å². The molecule has 58 heavy (non-hydrogen) atoms. The summed E-state index contributed by atoms with van der Waals surface area (Å²) in [5.41, 5.74) is 0. The summed E-state index contributed by atoms with van der Waals surface area (Å²) >= 11 is 0. The minimum Gasteiger partial charge on any atom is -0.462 e. The van der Waals surface area contributed by atoms with Crippen molar-refractivity contribution in [2.75, 3.05) is 26.4 Å². The monoisotopic (exact) mass is 829 g/mol. The van der Waals surface area contributed by atoms with Gasteiger partial charge in [0.05, 0.1) is 6.10 Å². The number of rotatable bonds is 40. The van der Waals surface area contributed by atoms with Gasteiger partial charge in [-0.05, 0) is 38.5 Å². The Kier molecular flexibility index (Phi) is 37.1. The molecule has 0 spiro atoms. The third-order valence-corrected chi connectivity index (χ3v) is 9.62. The standard InChI is InChI=1S/C45H80O13/c1-5-9-13-17-21-25-40(47)53-33-38(34-54-41(48)26-22-18-14-10-6-2)57-44(51)31-29-37(46)30-32-45(52)58-39(35-55-42(49)27-23-19-15-11-7-3)36-56-43(50)28-24-20-16-12-8-4/h37-39,46H,5-36H2,1-4H3. The zero-order valence-electron chi connectivity index (χ0n) is 36.7. The van der Waals surface area contributed by atoms with Crippen LogP contribution in [0.25, 0.3) is 0 Å². The first-order valence-electron chi connectivity index (χ1n) is 22.7. The van der Waals surface area contributed by atoms with Crippen LogP contribution in [0.4, 0.5) is 0 Å². The van der Waals surface area contributed by atoms with E-state index in [0.29, 0.717) is 25.7 Å². The average Bonchev–Trinajstić information content (AvgIpc) is 3.20. The van der Waals surface area contributed by atoms with E-state index in [-0.39, 0.29) is 77.8 Å². The smallest absolute Gasteiger partial charge is 0.306 e. The van der Waals surface area contributed by atoms with E-state index in [1.165, 1.54) is 0 Å². The van der Waals surface area contributed by atoms with Crippen molar-refractivity contribution in [2.45, 2.75) is 226 Å². The van der Waals surface area contributed by atoms with Crippen LogP contribution in [0, 0.1) is 0 Å². The fraction of sp³-hybridized carbons (Fsp3) is 0.867. The van der Waals surface area contributed by atoms with Gasteiger partial charge < -0.3 is 33.5 Å². The van der Waals surface area contributed by atoms with Crippen molar-refractivity contribution >= 4 is 35.8 Å². The van der Waals surface area contributed by atoms with Crippen molar-refractivity contribution < 1.29 is 62.3 Å². The van der Waals surface area contributed by atoms with E-state index in [0.717, 1.165) is 103 Å². The largest absolute Gasteiger partial charge is 0.462 e.